The summed E-state index contributed by atoms with van der Waals surface area (Å²) in [4.78, 5) is 27.0. The Labute approximate surface area is 164 Å². The molecule has 1 aliphatic rings. The number of nitrogens with zero attached hydrogens (tertiary/aromatic N) is 1. The topological polar surface area (TPSA) is 46.6 Å². The molecule has 0 N–H and O–H groups in total. The molecule has 140 valence electrons. The number of benzene rings is 3. The Morgan fingerprint density at radius 1 is 0.893 bits per heavy atom. The Hall–Kier alpha value is -3.40. The van der Waals surface area contributed by atoms with E-state index in [2.05, 4.69) is 6.07 Å². The lowest BCUT2D eigenvalue weighted by Gasteiger charge is -2.22. The molecule has 4 rings (SSSR count). The molecule has 0 bridgehead atoms. The lowest BCUT2D eigenvalue weighted by atomic mass is 10.0. The van der Waals surface area contributed by atoms with Gasteiger partial charge in [-0.05, 0) is 49.2 Å². The minimum absolute atomic E-state index is 0.0364. The second-order valence-corrected chi connectivity index (χ2v) is 6.95. The fraction of sp³-hybridized carbons (Fsp3) is 0.167. The molecular weight excluding hydrogens is 350 g/mol. The molecule has 28 heavy (non-hydrogen) atoms. The van der Waals surface area contributed by atoms with E-state index in [0.29, 0.717) is 16.9 Å². The first-order chi connectivity index (χ1) is 13.6. The second-order valence-electron chi connectivity index (χ2n) is 6.95. The monoisotopic (exact) mass is 371 g/mol. The quantitative estimate of drug-likeness (QED) is 0.629. The second kappa shape index (κ2) is 7.69. The van der Waals surface area contributed by atoms with E-state index in [1.54, 1.807) is 36.4 Å². The van der Waals surface area contributed by atoms with Crippen LogP contribution in [0.2, 0.25) is 0 Å². The molecule has 0 radical (unpaired) electrons. The van der Waals surface area contributed by atoms with Gasteiger partial charge in [-0.3, -0.25) is 9.59 Å². The predicted octanol–water partition coefficient (Wildman–Crippen LogP) is 4.27. The number of fused-ring (bicyclic) bond motifs is 1. The summed E-state index contributed by atoms with van der Waals surface area (Å²) < 4.78 is 5.68. The van der Waals surface area contributed by atoms with Gasteiger partial charge in [-0.15, -0.1) is 0 Å². The van der Waals surface area contributed by atoms with Gasteiger partial charge in [0.2, 0.25) is 0 Å². The van der Waals surface area contributed by atoms with Crippen molar-refractivity contribution in [2.75, 3.05) is 11.5 Å². The molecule has 1 aliphatic heterocycles. The van der Waals surface area contributed by atoms with Crippen LogP contribution in [0.15, 0.2) is 78.9 Å². The smallest absolute Gasteiger partial charge is 0.265 e. The first kappa shape index (κ1) is 18.0. The van der Waals surface area contributed by atoms with Crippen molar-refractivity contribution >= 4 is 17.4 Å². The van der Waals surface area contributed by atoms with E-state index >= 15 is 0 Å². The summed E-state index contributed by atoms with van der Waals surface area (Å²) in [6.45, 7) is 2.01. The lowest BCUT2D eigenvalue weighted by molar-refractivity contribution is -0.120. The van der Waals surface area contributed by atoms with E-state index in [4.69, 9.17) is 4.74 Å². The summed E-state index contributed by atoms with van der Waals surface area (Å²) >= 11 is 0. The molecule has 4 heteroatoms. The zero-order chi connectivity index (χ0) is 19.5. The number of ketones is 1. The van der Waals surface area contributed by atoms with Gasteiger partial charge in [0.1, 0.15) is 5.75 Å². The van der Waals surface area contributed by atoms with Crippen LogP contribution in [0.1, 0.15) is 28.4 Å². The van der Waals surface area contributed by atoms with Crippen molar-refractivity contribution in [1.82, 2.24) is 0 Å². The molecule has 0 spiro atoms. The minimum atomic E-state index is -0.0677. The van der Waals surface area contributed by atoms with E-state index in [9.17, 15) is 9.59 Å². The Morgan fingerprint density at radius 3 is 2.29 bits per heavy atom. The fourth-order valence-corrected chi connectivity index (χ4v) is 3.62. The Balaban J connectivity index is 1.40. The molecule has 0 aliphatic carbocycles. The van der Waals surface area contributed by atoms with Crippen LogP contribution < -0.4 is 9.64 Å². The van der Waals surface area contributed by atoms with Crippen molar-refractivity contribution in [2.24, 2.45) is 0 Å². The van der Waals surface area contributed by atoms with Gasteiger partial charge in [-0.25, -0.2) is 0 Å². The summed E-state index contributed by atoms with van der Waals surface area (Å²) in [6.07, 6.45) is 0.859. The highest BCUT2D eigenvalue weighted by Crippen LogP contribution is 2.31. The van der Waals surface area contributed by atoms with E-state index < -0.39 is 0 Å². The van der Waals surface area contributed by atoms with Gasteiger partial charge in [-0.2, -0.15) is 0 Å². The number of anilines is 1. The average Bonchev–Trinajstić information content (AvgIpc) is 3.08. The molecule has 1 atom stereocenters. The van der Waals surface area contributed by atoms with Gasteiger partial charge in [0.15, 0.2) is 12.4 Å². The van der Waals surface area contributed by atoms with E-state index in [1.165, 1.54) is 5.56 Å². The number of carbonyl (C=O) groups excluding carboxylic acids is 2. The molecule has 3 aromatic carbocycles. The number of ether oxygens (including phenoxy) is 1. The van der Waals surface area contributed by atoms with Gasteiger partial charge >= 0.3 is 0 Å². The minimum Gasteiger partial charge on any atom is -0.484 e. The number of carbonyl (C=O) groups is 2. The number of para-hydroxylation sites is 1. The maximum atomic E-state index is 12.7. The average molecular weight is 371 g/mol. The van der Waals surface area contributed by atoms with Crippen molar-refractivity contribution in [1.29, 1.82) is 0 Å². The van der Waals surface area contributed by atoms with Gasteiger partial charge in [0.25, 0.3) is 5.91 Å². The van der Waals surface area contributed by atoms with Gasteiger partial charge in [-0.1, -0.05) is 48.5 Å². The zero-order valence-corrected chi connectivity index (χ0v) is 15.7. The van der Waals surface area contributed by atoms with Crippen molar-refractivity contribution in [2.45, 2.75) is 19.4 Å². The summed E-state index contributed by atoms with van der Waals surface area (Å²) in [5.74, 6) is 0.464. The van der Waals surface area contributed by atoms with E-state index in [0.717, 1.165) is 12.1 Å². The van der Waals surface area contributed by atoms with E-state index in [1.807, 2.05) is 48.2 Å². The molecule has 0 saturated heterocycles. The summed E-state index contributed by atoms with van der Waals surface area (Å²) in [5.41, 5.74) is 3.39. The molecule has 0 aromatic heterocycles. The number of amides is 1. The van der Waals surface area contributed by atoms with Crippen LogP contribution in [-0.2, 0) is 11.2 Å². The van der Waals surface area contributed by atoms with Crippen LogP contribution in [0.4, 0.5) is 5.69 Å². The normalized spacial score (nSPS) is 15.2. The van der Waals surface area contributed by atoms with Crippen LogP contribution in [0.3, 0.4) is 0 Å². The fourth-order valence-electron chi connectivity index (χ4n) is 3.62. The highest BCUT2D eigenvalue weighted by molar-refractivity contribution is 6.09. The third-order valence-electron chi connectivity index (χ3n) is 4.99. The molecule has 1 unspecified atom stereocenters. The predicted molar refractivity (Wildman–Crippen MR) is 109 cm³/mol. The molecule has 0 fully saturated rings. The van der Waals surface area contributed by atoms with Crippen LogP contribution >= 0.6 is 0 Å². The van der Waals surface area contributed by atoms with Crippen molar-refractivity contribution in [3.8, 4) is 5.75 Å². The van der Waals surface area contributed by atoms with Crippen molar-refractivity contribution in [3.63, 3.8) is 0 Å². The Bertz CT molecular complexity index is 996. The zero-order valence-electron chi connectivity index (χ0n) is 15.7. The number of hydrogen-bond acceptors (Lipinski definition) is 3. The lowest BCUT2D eigenvalue weighted by Crippen LogP contribution is -2.39. The van der Waals surface area contributed by atoms with Crippen molar-refractivity contribution in [3.05, 3.63) is 95.6 Å². The highest BCUT2D eigenvalue weighted by Gasteiger charge is 2.30. The summed E-state index contributed by atoms with van der Waals surface area (Å²) in [5, 5.41) is 0. The van der Waals surface area contributed by atoms with Crippen LogP contribution in [0.25, 0.3) is 0 Å². The van der Waals surface area contributed by atoms with Crippen molar-refractivity contribution < 1.29 is 14.3 Å². The van der Waals surface area contributed by atoms with Crippen LogP contribution in [0.5, 0.6) is 5.75 Å². The molecule has 1 amide bonds. The van der Waals surface area contributed by atoms with Gasteiger partial charge < -0.3 is 9.64 Å². The molecule has 3 aromatic rings. The van der Waals surface area contributed by atoms with Crippen LogP contribution in [-0.4, -0.2) is 24.3 Å². The molecule has 0 saturated carbocycles. The molecular formula is C24H21NO3. The number of hydrogen-bond donors (Lipinski definition) is 0. The number of rotatable bonds is 5. The summed E-state index contributed by atoms with van der Waals surface area (Å²) in [6, 6.07) is 24.1. The molecule has 4 nitrogen and oxygen atoms in total. The maximum Gasteiger partial charge on any atom is 0.265 e. The summed E-state index contributed by atoms with van der Waals surface area (Å²) in [7, 11) is 0. The molecule has 1 heterocycles. The maximum absolute atomic E-state index is 12.7. The first-order valence-corrected chi connectivity index (χ1v) is 9.36. The highest BCUT2D eigenvalue weighted by atomic mass is 16.5. The largest absolute Gasteiger partial charge is 0.484 e. The van der Waals surface area contributed by atoms with Gasteiger partial charge in [0, 0.05) is 22.9 Å². The third kappa shape index (κ3) is 3.54. The third-order valence-corrected chi connectivity index (χ3v) is 4.99. The van der Waals surface area contributed by atoms with Gasteiger partial charge in [0.05, 0.1) is 0 Å². The Morgan fingerprint density at radius 2 is 1.54 bits per heavy atom. The standard InChI is InChI=1S/C24H21NO3/c1-17-15-20-9-5-6-10-22(20)25(17)23(26)16-28-21-13-11-19(12-14-21)24(27)18-7-3-2-4-8-18/h2-14,17H,15-16H2,1H3. The Kier molecular flexibility index (Phi) is 4.94. The van der Waals surface area contributed by atoms with Crippen LogP contribution in [0, 0.1) is 0 Å². The SMILES string of the molecule is CC1Cc2ccccc2N1C(=O)COc1ccc(C(=O)c2ccccc2)cc1. The van der Waals surface area contributed by atoms with E-state index in [-0.39, 0.29) is 24.3 Å². The first-order valence-electron chi connectivity index (χ1n) is 9.36.